The number of aromatic amines is 1. The van der Waals surface area contributed by atoms with E-state index < -0.39 is 0 Å². The van der Waals surface area contributed by atoms with Crippen LogP contribution >= 0.6 is 0 Å². The lowest BCUT2D eigenvalue weighted by Crippen LogP contribution is -2.31. The molecule has 86 valence electrons. The number of H-pyrrole nitrogens is 1. The van der Waals surface area contributed by atoms with Crippen molar-refractivity contribution in [3.8, 4) is 0 Å². The first-order valence-corrected chi connectivity index (χ1v) is 5.39. The van der Waals surface area contributed by atoms with Gasteiger partial charge in [0.2, 0.25) is 0 Å². The van der Waals surface area contributed by atoms with Gasteiger partial charge < -0.3 is 5.32 Å². The molecular weight excluding hydrogens is 202 g/mol. The van der Waals surface area contributed by atoms with Gasteiger partial charge in [0.1, 0.15) is 12.1 Å². The summed E-state index contributed by atoms with van der Waals surface area (Å²) in [5.41, 5.74) is 0.944. The summed E-state index contributed by atoms with van der Waals surface area (Å²) >= 11 is 0. The minimum Gasteiger partial charge on any atom is -0.366 e. The van der Waals surface area contributed by atoms with Gasteiger partial charge in [0.25, 0.3) is 0 Å². The first-order chi connectivity index (χ1) is 7.48. The van der Waals surface area contributed by atoms with Crippen LogP contribution in [0, 0.1) is 5.41 Å². The summed E-state index contributed by atoms with van der Waals surface area (Å²) in [6, 6.07) is 0.320. The molecule has 2 N–H and O–H groups in total. The molecule has 2 aromatic heterocycles. The van der Waals surface area contributed by atoms with E-state index in [9.17, 15) is 0 Å². The molecule has 0 aliphatic rings. The van der Waals surface area contributed by atoms with E-state index in [-0.39, 0.29) is 5.41 Å². The predicted octanol–water partition coefficient (Wildman–Crippen LogP) is 2.20. The van der Waals surface area contributed by atoms with Gasteiger partial charge in [0.15, 0.2) is 5.65 Å². The molecule has 5 heteroatoms. The van der Waals surface area contributed by atoms with E-state index in [1.165, 1.54) is 6.33 Å². The molecule has 2 rings (SSSR count). The molecule has 16 heavy (non-hydrogen) atoms. The van der Waals surface area contributed by atoms with Gasteiger partial charge in [0.05, 0.1) is 11.6 Å². The van der Waals surface area contributed by atoms with E-state index in [2.05, 4.69) is 53.2 Å². The molecule has 0 saturated carbocycles. The van der Waals surface area contributed by atoms with Crippen LogP contribution in [0.2, 0.25) is 0 Å². The number of nitrogens with one attached hydrogen (secondary N) is 2. The molecule has 0 amide bonds. The molecule has 1 unspecified atom stereocenters. The zero-order valence-electron chi connectivity index (χ0n) is 10.1. The zero-order chi connectivity index (χ0) is 11.8. The van der Waals surface area contributed by atoms with Crippen LogP contribution in [-0.4, -0.2) is 26.2 Å². The third kappa shape index (κ3) is 1.98. The molecule has 0 aliphatic carbocycles. The van der Waals surface area contributed by atoms with Gasteiger partial charge in [-0.1, -0.05) is 20.8 Å². The highest BCUT2D eigenvalue weighted by Gasteiger charge is 2.21. The third-order valence-electron chi connectivity index (χ3n) is 2.90. The Hall–Kier alpha value is -1.65. The lowest BCUT2D eigenvalue weighted by molar-refractivity contribution is 0.359. The summed E-state index contributed by atoms with van der Waals surface area (Å²) < 4.78 is 0. The molecule has 2 aromatic rings. The standard InChI is InChI=1S/C11H17N5/c1-7(11(2,3)4)15-9-8-5-14-16-10(8)13-6-12-9/h5-7H,1-4H3,(H2,12,13,14,15,16). The van der Waals surface area contributed by atoms with Crippen molar-refractivity contribution in [3.63, 3.8) is 0 Å². The lowest BCUT2D eigenvalue weighted by Gasteiger charge is -2.28. The van der Waals surface area contributed by atoms with Crippen LogP contribution in [-0.2, 0) is 0 Å². The summed E-state index contributed by atoms with van der Waals surface area (Å²) in [7, 11) is 0. The Labute approximate surface area is 94.7 Å². The fourth-order valence-electron chi connectivity index (χ4n) is 1.30. The maximum absolute atomic E-state index is 4.25. The lowest BCUT2D eigenvalue weighted by atomic mass is 9.88. The molecule has 0 bridgehead atoms. The fourth-order valence-corrected chi connectivity index (χ4v) is 1.30. The van der Waals surface area contributed by atoms with E-state index in [1.54, 1.807) is 6.20 Å². The maximum atomic E-state index is 4.25. The van der Waals surface area contributed by atoms with E-state index in [4.69, 9.17) is 0 Å². The molecule has 1 atom stereocenters. The van der Waals surface area contributed by atoms with Crippen LogP contribution in [0.4, 0.5) is 5.82 Å². The van der Waals surface area contributed by atoms with Crippen LogP contribution in [0.3, 0.4) is 0 Å². The second kappa shape index (κ2) is 3.73. The Bertz CT molecular complexity index is 482. The molecule has 0 aromatic carbocycles. The Kier molecular flexibility index (Phi) is 2.53. The molecule has 0 radical (unpaired) electrons. The van der Waals surface area contributed by atoms with Gasteiger partial charge in [-0.05, 0) is 12.3 Å². The van der Waals surface area contributed by atoms with Crippen LogP contribution < -0.4 is 5.32 Å². The van der Waals surface area contributed by atoms with Crippen LogP contribution in [0.1, 0.15) is 27.7 Å². The van der Waals surface area contributed by atoms with E-state index in [0.29, 0.717) is 6.04 Å². The summed E-state index contributed by atoms with van der Waals surface area (Å²) in [6.45, 7) is 8.73. The Morgan fingerprint density at radius 2 is 2.06 bits per heavy atom. The van der Waals surface area contributed by atoms with Crippen molar-refractivity contribution < 1.29 is 0 Å². The number of hydrogen-bond donors (Lipinski definition) is 2. The number of hydrogen-bond acceptors (Lipinski definition) is 4. The van der Waals surface area contributed by atoms with Gasteiger partial charge in [-0.3, -0.25) is 5.10 Å². The van der Waals surface area contributed by atoms with Gasteiger partial charge in [-0.25, -0.2) is 9.97 Å². The SMILES string of the molecule is CC(Nc1ncnc2[nH]ncc12)C(C)(C)C. The van der Waals surface area contributed by atoms with E-state index >= 15 is 0 Å². The first-order valence-electron chi connectivity index (χ1n) is 5.39. The summed E-state index contributed by atoms with van der Waals surface area (Å²) in [6.07, 6.45) is 3.28. The van der Waals surface area contributed by atoms with Crippen molar-refractivity contribution in [2.75, 3.05) is 5.32 Å². The first kappa shape index (κ1) is 10.9. The molecule has 0 spiro atoms. The van der Waals surface area contributed by atoms with Gasteiger partial charge in [-0.15, -0.1) is 0 Å². The van der Waals surface area contributed by atoms with Crippen molar-refractivity contribution in [1.82, 2.24) is 20.2 Å². The van der Waals surface area contributed by atoms with Crippen molar-refractivity contribution >= 4 is 16.9 Å². The van der Waals surface area contributed by atoms with E-state index in [0.717, 1.165) is 16.9 Å². The molecule has 5 nitrogen and oxygen atoms in total. The Morgan fingerprint density at radius 1 is 1.31 bits per heavy atom. The second-order valence-corrected chi connectivity index (χ2v) is 5.09. The summed E-state index contributed by atoms with van der Waals surface area (Å²) in [5, 5.41) is 11.1. The number of rotatable bonds is 2. The minimum absolute atomic E-state index is 0.182. The summed E-state index contributed by atoms with van der Waals surface area (Å²) in [4.78, 5) is 8.35. The predicted molar refractivity (Wildman–Crippen MR) is 64.2 cm³/mol. The highest BCUT2D eigenvalue weighted by Crippen LogP contribution is 2.24. The Balaban J connectivity index is 2.31. The zero-order valence-corrected chi connectivity index (χ0v) is 10.1. The molecular formula is C11H17N5. The number of aromatic nitrogens is 4. The minimum atomic E-state index is 0.182. The van der Waals surface area contributed by atoms with Crippen molar-refractivity contribution in [2.45, 2.75) is 33.7 Å². The fraction of sp³-hybridized carbons (Fsp3) is 0.545. The smallest absolute Gasteiger partial charge is 0.160 e. The molecule has 0 saturated heterocycles. The van der Waals surface area contributed by atoms with Gasteiger partial charge in [0, 0.05) is 6.04 Å². The van der Waals surface area contributed by atoms with E-state index in [1.807, 2.05) is 0 Å². The number of anilines is 1. The van der Waals surface area contributed by atoms with Crippen molar-refractivity contribution in [1.29, 1.82) is 0 Å². The normalized spacial score (nSPS) is 14.0. The monoisotopic (exact) mass is 219 g/mol. The Morgan fingerprint density at radius 3 is 2.75 bits per heavy atom. The average molecular weight is 219 g/mol. The van der Waals surface area contributed by atoms with Crippen LogP contribution in [0.5, 0.6) is 0 Å². The van der Waals surface area contributed by atoms with Crippen molar-refractivity contribution in [3.05, 3.63) is 12.5 Å². The van der Waals surface area contributed by atoms with Crippen LogP contribution in [0.25, 0.3) is 11.0 Å². The maximum Gasteiger partial charge on any atom is 0.160 e. The molecule has 2 heterocycles. The molecule has 0 fully saturated rings. The largest absolute Gasteiger partial charge is 0.366 e. The second-order valence-electron chi connectivity index (χ2n) is 5.09. The third-order valence-corrected chi connectivity index (χ3v) is 2.90. The topological polar surface area (TPSA) is 66.5 Å². The summed E-state index contributed by atoms with van der Waals surface area (Å²) in [5.74, 6) is 0.834. The van der Waals surface area contributed by atoms with Gasteiger partial charge in [-0.2, -0.15) is 5.10 Å². The highest BCUT2D eigenvalue weighted by molar-refractivity contribution is 5.85. The van der Waals surface area contributed by atoms with Crippen molar-refractivity contribution in [2.24, 2.45) is 5.41 Å². The van der Waals surface area contributed by atoms with Gasteiger partial charge >= 0.3 is 0 Å². The highest BCUT2D eigenvalue weighted by atomic mass is 15.2. The number of nitrogens with zero attached hydrogens (tertiary/aromatic N) is 3. The quantitative estimate of drug-likeness (QED) is 0.812. The average Bonchev–Trinajstić information content (AvgIpc) is 2.65. The number of fused-ring (bicyclic) bond motifs is 1. The van der Waals surface area contributed by atoms with Crippen LogP contribution in [0.15, 0.2) is 12.5 Å². The molecule has 0 aliphatic heterocycles.